The Labute approximate surface area is 137 Å². The number of carbonyl (C=O) groups is 1. The summed E-state index contributed by atoms with van der Waals surface area (Å²) >= 11 is 0. The molecule has 1 amide bonds. The summed E-state index contributed by atoms with van der Waals surface area (Å²) in [5, 5.41) is 3.10. The summed E-state index contributed by atoms with van der Waals surface area (Å²) in [7, 11) is -3.30. The highest BCUT2D eigenvalue weighted by Gasteiger charge is 2.43. The van der Waals surface area contributed by atoms with Crippen LogP contribution in [-0.2, 0) is 14.8 Å². The number of fused-ring (bicyclic) bond motifs is 2. The van der Waals surface area contributed by atoms with Gasteiger partial charge in [0, 0.05) is 11.6 Å². The molecule has 2 aliphatic carbocycles. The third-order valence-corrected chi connectivity index (χ3v) is 5.73. The second-order valence-electron chi connectivity index (χ2n) is 7.01. The summed E-state index contributed by atoms with van der Waals surface area (Å²) in [5.41, 5.74) is 1.42. The molecule has 2 fully saturated rings. The van der Waals surface area contributed by atoms with Crippen LogP contribution in [0.1, 0.15) is 44.2 Å². The van der Waals surface area contributed by atoms with Crippen molar-refractivity contribution in [2.75, 3.05) is 11.0 Å². The maximum absolute atomic E-state index is 12.5. The van der Waals surface area contributed by atoms with E-state index >= 15 is 0 Å². The Balaban J connectivity index is 1.65. The maximum atomic E-state index is 12.5. The molecule has 0 radical (unpaired) electrons. The largest absolute Gasteiger partial charge is 0.349 e. The number of rotatable bonds is 5. The van der Waals surface area contributed by atoms with Gasteiger partial charge in [-0.1, -0.05) is 18.6 Å². The van der Waals surface area contributed by atoms with Crippen LogP contribution in [0.3, 0.4) is 0 Å². The minimum absolute atomic E-state index is 0.136. The standard InChI is InChI=1S/C17H24N2O3S/c1-11(13-4-3-5-15(10-13)19-23(2,21)22)18-17(20)16-9-12-6-7-14(16)8-12/h3-5,10-12,14,16,19H,6-9H2,1-2H3,(H,18,20)/t11-,12-,14-,16+/m0/s1. The Bertz CT molecular complexity index is 702. The highest BCUT2D eigenvalue weighted by molar-refractivity contribution is 7.92. The first-order valence-electron chi connectivity index (χ1n) is 8.20. The second-order valence-corrected chi connectivity index (χ2v) is 8.76. The number of hydrogen-bond acceptors (Lipinski definition) is 3. The topological polar surface area (TPSA) is 75.3 Å². The van der Waals surface area contributed by atoms with E-state index in [4.69, 9.17) is 0 Å². The van der Waals surface area contributed by atoms with Crippen molar-refractivity contribution in [3.63, 3.8) is 0 Å². The fourth-order valence-corrected chi connectivity index (χ4v) is 4.61. The second kappa shape index (κ2) is 6.15. The number of anilines is 1. The molecule has 0 aromatic heterocycles. The molecule has 126 valence electrons. The normalized spacial score (nSPS) is 27.7. The number of carbonyl (C=O) groups excluding carboxylic acids is 1. The Kier molecular flexibility index (Phi) is 4.36. The molecule has 2 saturated carbocycles. The van der Waals surface area contributed by atoms with Crippen molar-refractivity contribution in [2.45, 2.75) is 38.6 Å². The van der Waals surface area contributed by atoms with Crippen molar-refractivity contribution in [1.82, 2.24) is 5.32 Å². The van der Waals surface area contributed by atoms with Crippen LogP contribution in [0.5, 0.6) is 0 Å². The van der Waals surface area contributed by atoms with Crippen molar-refractivity contribution in [3.05, 3.63) is 29.8 Å². The van der Waals surface area contributed by atoms with E-state index in [0.717, 1.165) is 24.2 Å². The van der Waals surface area contributed by atoms with Gasteiger partial charge in [-0.25, -0.2) is 8.42 Å². The Morgan fingerprint density at radius 1 is 1.26 bits per heavy atom. The van der Waals surface area contributed by atoms with E-state index in [0.29, 0.717) is 11.6 Å². The van der Waals surface area contributed by atoms with Crippen molar-refractivity contribution < 1.29 is 13.2 Å². The monoisotopic (exact) mass is 336 g/mol. The van der Waals surface area contributed by atoms with Gasteiger partial charge in [0.1, 0.15) is 0 Å². The van der Waals surface area contributed by atoms with E-state index in [1.165, 1.54) is 19.3 Å². The zero-order valence-electron chi connectivity index (χ0n) is 13.6. The molecule has 2 aliphatic rings. The smallest absolute Gasteiger partial charge is 0.229 e. The van der Waals surface area contributed by atoms with Gasteiger partial charge in [-0.3, -0.25) is 9.52 Å². The van der Waals surface area contributed by atoms with Gasteiger partial charge >= 0.3 is 0 Å². The van der Waals surface area contributed by atoms with Crippen LogP contribution in [0.2, 0.25) is 0 Å². The summed E-state index contributed by atoms with van der Waals surface area (Å²) < 4.78 is 25.1. The lowest BCUT2D eigenvalue weighted by atomic mass is 9.88. The molecule has 0 spiro atoms. The zero-order valence-corrected chi connectivity index (χ0v) is 14.4. The van der Waals surface area contributed by atoms with Crippen molar-refractivity contribution >= 4 is 21.6 Å². The van der Waals surface area contributed by atoms with Crippen molar-refractivity contribution in [3.8, 4) is 0 Å². The lowest BCUT2D eigenvalue weighted by molar-refractivity contribution is -0.127. The van der Waals surface area contributed by atoms with Crippen LogP contribution in [0, 0.1) is 17.8 Å². The SMILES string of the molecule is C[C@H](NC(=O)[C@@H]1C[C@H]2CC[C@H]1C2)c1cccc(NS(C)(=O)=O)c1. The Morgan fingerprint density at radius 2 is 2.04 bits per heavy atom. The molecular formula is C17H24N2O3S. The van der Waals surface area contributed by atoms with E-state index in [-0.39, 0.29) is 17.9 Å². The maximum Gasteiger partial charge on any atom is 0.229 e. The minimum atomic E-state index is -3.30. The van der Waals surface area contributed by atoms with Crippen molar-refractivity contribution in [1.29, 1.82) is 0 Å². The molecule has 0 aliphatic heterocycles. The molecule has 5 nitrogen and oxygen atoms in total. The third-order valence-electron chi connectivity index (χ3n) is 5.12. The molecule has 0 heterocycles. The first kappa shape index (κ1) is 16.3. The summed E-state index contributed by atoms with van der Waals surface area (Å²) in [5.74, 6) is 1.61. The predicted octanol–water partition coefficient (Wildman–Crippen LogP) is 2.67. The molecule has 23 heavy (non-hydrogen) atoms. The highest BCUT2D eigenvalue weighted by atomic mass is 32.2. The summed E-state index contributed by atoms with van der Waals surface area (Å²) in [4.78, 5) is 12.5. The van der Waals surface area contributed by atoms with Gasteiger partial charge in [0.15, 0.2) is 0 Å². The molecule has 2 N–H and O–H groups in total. The Morgan fingerprint density at radius 3 is 2.65 bits per heavy atom. The average molecular weight is 336 g/mol. The van der Waals surface area contributed by atoms with E-state index in [1.54, 1.807) is 18.2 Å². The highest BCUT2D eigenvalue weighted by Crippen LogP contribution is 2.48. The van der Waals surface area contributed by atoms with Crippen LogP contribution < -0.4 is 10.0 Å². The quantitative estimate of drug-likeness (QED) is 0.868. The van der Waals surface area contributed by atoms with Gasteiger partial charge in [-0.05, 0) is 55.7 Å². The van der Waals surface area contributed by atoms with Crippen LogP contribution >= 0.6 is 0 Å². The molecule has 6 heteroatoms. The predicted molar refractivity (Wildman–Crippen MR) is 90.4 cm³/mol. The number of nitrogens with one attached hydrogen (secondary N) is 2. The number of hydrogen-bond donors (Lipinski definition) is 2. The van der Waals surface area contributed by atoms with Gasteiger partial charge in [0.05, 0.1) is 12.3 Å². The molecule has 1 aromatic carbocycles. The number of amides is 1. The van der Waals surface area contributed by atoms with E-state index in [9.17, 15) is 13.2 Å². The van der Waals surface area contributed by atoms with Gasteiger partial charge in [-0.2, -0.15) is 0 Å². The van der Waals surface area contributed by atoms with Crippen molar-refractivity contribution in [2.24, 2.45) is 17.8 Å². The van der Waals surface area contributed by atoms with E-state index in [1.807, 2.05) is 13.0 Å². The molecule has 0 unspecified atom stereocenters. The first-order valence-corrected chi connectivity index (χ1v) is 10.1. The fourth-order valence-electron chi connectivity index (χ4n) is 4.06. The third kappa shape index (κ3) is 3.86. The van der Waals surface area contributed by atoms with Crippen LogP contribution in [0.4, 0.5) is 5.69 Å². The summed E-state index contributed by atoms with van der Waals surface area (Å²) in [6, 6.07) is 7.03. The zero-order chi connectivity index (χ0) is 16.6. The molecule has 4 atom stereocenters. The molecular weight excluding hydrogens is 312 g/mol. The van der Waals surface area contributed by atoms with Gasteiger partial charge < -0.3 is 5.32 Å². The van der Waals surface area contributed by atoms with Gasteiger partial charge in [-0.15, -0.1) is 0 Å². The van der Waals surface area contributed by atoms with Crippen LogP contribution in [-0.4, -0.2) is 20.6 Å². The number of benzene rings is 1. The lowest BCUT2D eigenvalue weighted by Gasteiger charge is -2.23. The molecule has 3 rings (SSSR count). The minimum Gasteiger partial charge on any atom is -0.349 e. The average Bonchev–Trinajstić information content (AvgIpc) is 3.08. The molecule has 2 bridgehead atoms. The molecule has 0 saturated heterocycles. The lowest BCUT2D eigenvalue weighted by Crippen LogP contribution is -2.35. The summed E-state index contributed by atoms with van der Waals surface area (Å²) in [6.45, 7) is 1.94. The van der Waals surface area contributed by atoms with Gasteiger partial charge in [0.25, 0.3) is 0 Å². The van der Waals surface area contributed by atoms with E-state index < -0.39 is 10.0 Å². The van der Waals surface area contributed by atoms with Crippen LogP contribution in [0.15, 0.2) is 24.3 Å². The number of sulfonamides is 1. The van der Waals surface area contributed by atoms with Gasteiger partial charge in [0.2, 0.25) is 15.9 Å². The first-order chi connectivity index (χ1) is 10.8. The van der Waals surface area contributed by atoms with E-state index in [2.05, 4.69) is 10.0 Å². The Hall–Kier alpha value is -1.56. The fraction of sp³-hybridized carbons (Fsp3) is 0.588. The van der Waals surface area contributed by atoms with Crippen LogP contribution in [0.25, 0.3) is 0 Å². The summed E-state index contributed by atoms with van der Waals surface area (Å²) in [6.07, 6.45) is 5.83. The molecule has 1 aromatic rings.